The maximum atomic E-state index is 13.4. The summed E-state index contributed by atoms with van der Waals surface area (Å²) in [4.78, 5) is 27.9. The third-order valence-corrected chi connectivity index (χ3v) is 8.19. The van der Waals surface area contributed by atoms with Crippen LogP contribution in [0.4, 0.5) is 0 Å². The minimum absolute atomic E-state index is 0.0942. The first-order valence-corrected chi connectivity index (χ1v) is 11.8. The highest BCUT2D eigenvalue weighted by molar-refractivity contribution is 6.62. The third kappa shape index (κ3) is 3.41. The number of carbonyl (C=O) groups excluding carboxylic acids is 2. The number of aliphatic hydroxyl groups excluding tert-OH is 2. The Labute approximate surface area is 204 Å². The standard InChI is InChI=1S/C26H30BNO7/c1-23(2)24(3,4)35-27(34-23)17-11-9-16(10-12-17)25(14-26(33,15-25)20(30)13-29)28-21(31)18-7-5-6-8-19(18)22(28)32/h5-12,20,29-30,33H,13-15H2,1-4H3/t20-,25-,26+/m1/s1. The summed E-state index contributed by atoms with van der Waals surface area (Å²) in [7, 11) is -0.571. The number of nitrogens with zero attached hydrogens (tertiary/aromatic N) is 1. The summed E-state index contributed by atoms with van der Waals surface area (Å²) in [6.07, 6.45) is -1.58. The predicted molar refractivity (Wildman–Crippen MR) is 128 cm³/mol. The summed E-state index contributed by atoms with van der Waals surface area (Å²) >= 11 is 0. The number of hydrogen-bond acceptors (Lipinski definition) is 7. The monoisotopic (exact) mass is 479 g/mol. The Balaban J connectivity index is 1.51. The second-order valence-corrected chi connectivity index (χ2v) is 10.9. The second kappa shape index (κ2) is 7.72. The highest BCUT2D eigenvalue weighted by Crippen LogP contribution is 2.55. The van der Waals surface area contributed by atoms with Crippen molar-refractivity contribution in [3.05, 3.63) is 65.2 Å². The molecule has 2 amide bonds. The molecule has 2 heterocycles. The first-order valence-electron chi connectivity index (χ1n) is 11.8. The van der Waals surface area contributed by atoms with Crippen LogP contribution in [0, 0.1) is 0 Å². The Morgan fingerprint density at radius 3 is 1.86 bits per heavy atom. The van der Waals surface area contributed by atoms with Crippen LogP contribution in [-0.4, -0.2) is 68.7 Å². The lowest BCUT2D eigenvalue weighted by Gasteiger charge is -2.58. The Bertz CT molecular complexity index is 1140. The zero-order chi connectivity index (χ0) is 25.4. The van der Waals surface area contributed by atoms with Gasteiger partial charge in [0.05, 0.1) is 40.1 Å². The maximum absolute atomic E-state index is 13.4. The van der Waals surface area contributed by atoms with Gasteiger partial charge in [0.2, 0.25) is 0 Å². The molecule has 5 rings (SSSR count). The van der Waals surface area contributed by atoms with E-state index in [-0.39, 0.29) is 12.8 Å². The molecule has 1 saturated carbocycles. The number of benzene rings is 2. The summed E-state index contributed by atoms with van der Waals surface area (Å²) in [5, 5.41) is 30.6. The van der Waals surface area contributed by atoms with E-state index < -0.39 is 54.0 Å². The van der Waals surface area contributed by atoms with Gasteiger partial charge in [0, 0.05) is 12.8 Å². The van der Waals surface area contributed by atoms with Crippen LogP contribution in [0.25, 0.3) is 0 Å². The topological polar surface area (TPSA) is 117 Å². The van der Waals surface area contributed by atoms with Crippen LogP contribution in [0.2, 0.25) is 0 Å². The fourth-order valence-electron chi connectivity index (χ4n) is 5.37. The van der Waals surface area contributed by atoms with E-state index in [1.165, 1.54) is 4.90 Å². The van der Waals surface area contributed by atoms with E-state index in [9.17, 15) is 24.9 Å². The van der Waals surface area contributed by atoms with E-state index >= 15 is 0 Å². The van der Waals surface area contributed by atoms with Crippen molar-refractivity contribution in [2.24, 2.45) is 0 Å². The molecule has 1 saturated heterocycles. The number of hydrogen-bond donors (Lipinski definition) is 3. The van der Waals surface area contributed by atoms with Crippen molar-refractivity contribution >= 4 is 24.4 Å². The summed E-state index contributed by atoms with van der Waals surface area (Å²) in [5.41, 5.74) is -1.75. The molecule has 0 aromatic heterocycles. The molecule has 2 aromatic rings. The summed E-state index contributed by atoms with van der Waals surface area (Å²) < 4.78 is 12.3. The van der Waals surface area contributed by atoms with Crippen molar-refractivity contribution in [3.8, 4) is 0 Å². The SMILES string of the molecule is CC1(C)OB(c2ccc([C@]3(N4C(=O)c5ccccc5C4=O)C[C@](O)([C@H](O)CO)C3)cc2)OC1(C)C. The number of aliphatic hydroxyl groups is 3. The van der Waals surface area contributed by atoms with Gasteiger partial charge in [-0.25, -0.2) is 0 Å². The van der Waals surface area contributed by atoms with Crippen molar-refractivity contribution in [3.63, 3.8) is 0 Å². The summed E-state index contributed by atoms with van der Waals surface area (Å²) in [5.74, 6) is -0.887. The van der Waals surface area contributed by atoms with Crippen molar-refractivity contribution in [2.75, 3.05) is 6.61 Å². The number of carbonyl (C=O) groups is 2. The molecule has 0 spiro atoms. The molecule has 0 unspecified atom stereocenters. The number of rotatable bonds is 5. The zero-order valence-electron chi connectivity index (χ0n) is 20.3. The lowest BCUT2D eigenvalue weighted by atomic mass is 9.58. The molecule has 0 radical (unpaired) electrons. The van der Waals surface area contributed by atoms with E-state index in [1.807, 2.05) is 39.8 Å². The molecule has 2 aromatic carbocycles. The van der Waals surface area contributed by atoms with Gasteiger partial charge < -0.3 is 24.6 Å². The lowest BCUT2D eigenvalue weighted by molar-refractivity contribution is -0.196. The van der Waals surface area contributed by atoms with Crippen LogP contribution in [-0.2, 0) is 14.8 Å². The molecule has 9 heteroatoms. The minimum atomic E-state index is -1.63. The quantitative estimate of drug-likeness (QED) is 0.438. The molecule has 184 valence electrons. The molecule has 2 aliphatic heterocycles. The molecule has 2 fully saturated rings. The minimum Gasteiger partial charge on any atom is -0.399 e. The first kappa shape index (κ1) is 24.2. The second-order valence-electron chi connectivity index (χ2n) is 10.9. The first-order chi connectivity index (χ1) is 16.4. The molecule has 3 aliphatic rings. The fourth-order valence-corrected chi connectivity index (χ4v) is 5.37. The van der Waals surface area contributed by atoms with E-state index in [4.69, 9.17) is 9.31 Å². The number of fused-ring (bicyclic) bond motifs is 1. The van der Waals surface area contributed by atoms with Crippen molar-refractivity contribution < 1.29 is 34.2 Å². The lowest BCUT2D eigenvalue weighted by Crippen LogP contribution is -2.68. The van der Waals surface area contributed by atoms with Crippen molar-refractivity contribution in [1.82, 2.24) is 4.90 Å². The van der Waals surface area contributed by atoms with Gasteiger partial charge in [-0.3, -0.25) is 14.5 Å². The maximum Gasteiger partial charge on any atom is 0.494 e. The number of imide groups is 1. The fraction of sp³-hybridized carbons (Fsp3) is 0.462. The van der Waals surface area contributed by atoms with Gasteiger partial charge in [0.25, 0.3) is 11.8 Å². The smallest absolute Gasteiger partial charge is 0.399 e. The van der Waals surface area contributed by atoms with Crippen LogP contribution < -0.4 is 5.46 Å². The van der Waals surface area contributed by atoms with Crippen LogP contribution >= 0.6 is 0 Å². The van der Waals surface area contributed by atoms with Gasteiger partial charge in [-0.1, -0.05) is 36.4 Å². The Kier molecular flexibility index (Phi) is 5.33. The van der Waals surface area contributed by atoms with Crippen LogP contribution in [0.15, 0.2) is 48.5 Å². The highest BCUT2D eigenvalue weighted by Gasteiger charge is 2.64. The molecule has 8 nitrogen and oxygen atoms in total. The van der Waals surface area contributed by atoms with Gasteiger partial charge in [-0.2, -0.15) is 0 Å². The molecular formula is C26H30BNO7. The van der Waals surface area contributed by atoms with Gasteiger partial charge in [-0.15, -0.1) is 0 Å². The Morgan fingerprint density at radius 1 is 0.914 bits per heavy atom. The van der Waals surface area contributed by atoms with E-state index in [0.29, 0.717) is 16.7 Å². The van der Waals surface area contributed by atoms with Crippen LogP contribution in [0.3, 0.4) is 0 Å². The largest absolute Gasteiger partial charge is 0.494 e. The van der Waals surface area contributed by atoms with Gasteiger partial charge in [0.1, 0.15) is 6.10 Å². The Morgan fingerprint density at radius 2 is 1.40 bits per heavy atom. The van der Waals surface area contributed by atoms with E-state index in [1.54, 1.807) is 36.4 Å². The van der Waals surface area contributed by atoms with E-state index in [0.717, 1.165) is 5.46 Å². The van der Waals surface area contributed by atoms with Crippen LogP contribution in [0.1, 0.15) is 66.8 Å². The molecule has 1 atom stereocenters. The zero-order valence-corrected chi connectivity index (χ0v) is 20.3. The molecular weight excluding hydrogens is 449 g/mol. The van der Waals surface area contributed by atoms with Gasteiger partial charge >= 0.3 is 7.12 Å². The Hall–Kier alpha value is -2.56. The van der Waals surface area contributed by atoms with Crippen molar-refractivity contribution in [1.29, 1.82) is 0 Å². The molecule has 3 N–H and O–H groups in total. The average molecular weight is 479 g/mol. The highest BCUT2D eigenvalue weighted by atomic mass is 16.7. The molecule has 1 aliphatic carbocycles. The molecule has 35 heavy (non-hydrogen) atoms. The van der Waals surface area contributed by atoms with Crippen LogP contribution in [0.5, 0.6) is 0 Å². The summed E-state index contributed by atoms with van der Waals surface area (Å²) in [6.45, 7) is 7.26. The number of amides is 2. The van der Waals surface area contributed by atoms with E-state index in [2.05, 4.69) is 0 Å². The normalized spacial score (nSPS) is 29.8. The van der Waals surface area contributed by atoms with Gasteiger partial charge in [-0.05, 0) is 50.9 Å². The van der Waals surface area contributed by atoms with Crippen molar-refractivity contribution in [2.45, 2.75) is 69.0 Å². The molecule has 0 bridgehead atoms. The third-order valence-electron chi connectivity index (χ3n) is 8.19. The average Bonchev–Trinajstić information content (AvgIpc) is 3.19. The summed E-state index contributed by atoms with van der Waals surface area (Å²) in [6, 6.07) is 13.9. The predicted octanol–water partition coefficient (Wildman–Crippen LogP) is 1.36. The van der Waals surface area contributed by atoms with Gasteiger partial charge in [0.15, 0.2) is 0 Å².